The minimum Gasteiger partial charge on any atom is -0.322 e. The van der Waals surface area contributed by atoms with Gasteiger partial charge in [-0.15, -0.1) is 0 Å². The van der Waals surface area contributed by atoms with Gasteiger partial charge in [0.1, 0.15) is 11.8 Å². The highest BCUT2D eigenvalue weighted by Crippen LogP contribution is 2.25. The van der Waals surface area contributed by atoms with Crippen LogP contribution in [0.4, 0.5) is 5.69 Å². The molecule has 0 fully saturated rings. The molecule has 4 aromatic rings. The molecular formula is C19H13BrN6O. The van der Waals surface area contributed by atoms with Gasteiger partial charge in [0, 0.05) is 22.6 Å². The number of carbonyl (C=O) groups excluding carboxylic acids is 1. The molecule has 0 saturated carbocycles. The molecule has 0 aliphatic carbocycles. The van der Waals surface area contributed by atoms with Gasteiger partial charge in [0.2, 0.25) is 0 Å². The molecule has 0 atom stereocenters. The van der Waals surface area contributed by atoms with E-state index in [1.54, 1.807) is 40.0 Å². The second-order valence-corrected chi connectivity index (χ2v) is 6.73. The number of amides is 1. The number of nitriles is 1. The number of hydrogen-bond acceptors (Lipinski definition) is 4. The van der Waals surface area contributed by atoms with Crippen molar-refractivity contribution >= 4 is 38.4 Å². The van der Waals surface area contributed by atoms with Crippen LogP contribution in [0, 0.1) is 11.3 Å². The SMILES string of the molecule is Cn1cc(-n2ncc3ccc(NC(=O)c4cccc(C#N)c4Br)cc32)cn1. The summed E-state index contributed by atoms with van der Waals surface area (Å²) in [4.78, 5) is 12.6. The lowest BCUT2D eigenvalue weighted by molar-refractivity contribution is 0.102. The zero-order valence-corrected chi connectivity index (χ0v) is 15.8. The van der Waals surface area contributed by atoms with Crippen LogP contribution in [0.5, 0.6) is 0 Å². The van der Waals surface area contributed by atoms with Gasteiger partial charge >= 0.3 is 0 Å². The normalized spacial score (nSPS) is 10.7. The second kappa shape index (κ2) is 6.70. The first-order chi connectivity index (χ1) is 13.1. The molecule has 8 heteroatoms. The van der Waals surface area contributed by atoms with E-state index < -0.39 is 0 Å². The topological polar surface area (TPSA) is 88.5 Å². The summed E-state index contributed by atoms with van der Waals surface area (Å²) in [7, 11) is 1.84. The van der Waals surface area contributed by atoms with E-state index >= 15 is 0 Å². The molecule has 4 rings (SSSR count). The van der Waals surface area contributed by atoms with Gasteiger partial charge in [-0.3, -0.25) is 9.48 Å². The highest BCUT2D eigenvalue weighted by molar-refractivity contribution is 9.10. The number of halogens is 1. The third-order valence-electron chi connectivity index (χ3n) is 4.13. The standard InChI is InChI=1S/C19H13BrN6O/c1-25-11-15(10-22-25)26-17-7-14(6-5-13(17)9-23-26)24-19(27)16-4-2-3-12(8-21)18(16)20/h2-7,9-11H,1H3,(H,24,27). The molecule has 1 amide bonds. The van der Waals surface area contributed by atoms with Crippen LogP contribution >= 0.6 is 15.9 Å². The summed E-state index contributed by atoms with van der Waals surface area (Å²) < 4.78 is 3.95. The lowest BCUT2D eigenvalue weighted by Gasteiger charge is -2.08. The van der Waals surface area contributed by atoms with E-state index in [9.17, 15) is 4.79 Å². The molecule has 0 aliphatic heterocycles. The van der Waals surface area contributed by atoms with Crippen molar-refractivity contribution in [2.75, 3.05) is 5.32 Å². The molecule has 0 radical (unpaired) electrons. The van der Waals surface area contributed by atoms with Crippen molar-refractivity contribution in [2.24, 2.45) is 7.05 Å². The number of aryl methyl sites for hydroxylation is 1. The van der Waals surface area contributed by atoms with Crippen molar-refractivity contribution in [1.82, 2.24) is 19.6 Å². The van der Waals surface area contributed by atoms with Crippen molar-refractivity contribution in [1.29, 1.82) is 5.26 Å². The van der Waals surface area contributed by atoms with Crippen molar-refractivity contribution in [3.05, 3.63) is 70.6 Å². The Kier molecular flexibility index (Phi) is 4.22. The van der Waals surface area contributed by atoms with Crippen molar-refractivity contribution in [2.45, 2.75) is 0 Å². The van der Waals surface area contributed by atoms with Crippen molar-refractivity contribution < 1.29 is 4.79 Å². The van der Waals surface area contributed by atoms with Crippen LogP contribution in [0.2, 0.25) is 0 Å². The van der Waals surface area contributed by atoms with Crippen LogP contribution in [-0.2, 0) is 7.05 Å². The molecule has 0 unspecified atom stereocenters. The molecule has 7 nitrogen and oxygen atoms in total. The third kappa shape index (κ3) is 3.09. The Bertz CT molecular complexity index is 1220. The molecule has 0 bridgehead atoms. The first-order valence-electron chi connectivity index (χ1n) is 8.03. The summed E-state index contributed by atoms with van der Waals surface area (Å²) in [6.07, 6.45) is 5.35. The number of hydrogen-bond donors (Lipinski definition) is 1. The highest BCUT2D eigenvalue weighted by atomic mass is 79.9. The number of nitrogens with zero attached hydrogens (tertiary/aromatic N) is 5. The number of nitrogens with one attached hydrogen (secondary N) is 1. The highest BCUT2D eigenvalue weighted by Gasteiger charge is 2.14. The Morgan fingerprint density at radius 1 is 1.22 bits per heavy atom. The Balaban J connectivity index is 1.69. The summed E-state index contributed by atoms with van der Waals surface area (Å²) in [6.45, 7) is 0. The van der Waals surface area contributed by atoms with Crippen LogP contribution < -0.4 is 5.32 Å². The van der Waals surface area contributed by atoms with Crippen molar-refractivity contribution in [3.63, 3.8) is 0 Å². The molecule has 132 valence electrons. The average molecular weight is 421 g/mol. The molecule has 27 heavy (non-hydrogen) atoms. The van der Waals surface area contributed by atoms with Gasteiger partial charge in [-0.05, 0) is 46.3 Å². The van der Waals surface area contributed by atoms with E-state index in [2.05, 4.69) is 37.5 Å². The first-order valence-corrected chi connectivity index (χ1v) is 8.83. The molecule has 0 saturated heterocycles. The van der Waals surface area contributed by atoms with Gasteiger partial charge in [-0.1, -0.05) is 6.07 Å². The van der Waals surface area contributed by atoms with Crippen LogP contribution in [0.3, 0.4) is 0 Å². The van der Waals surface area contributed by atoms with Gasteiger partial charge in [-0.2, -0.15) is 15.5 Å². The van der Waals surface area contributed by atoms with Crippen LogP contribution in [-0.4, -0.2) is 25.5 Å². The number of fused-ring (bicyclic) bond motifs is 1. The maximum absolute atomic E-state index is 12.6. The van der Waals surface area contributed by atoms with E-state index in [4.69, 9.17) is 5.26 Å². The molecule has 2 aromatic carbocycles. The summed E-state index contributed by atoms with van der Waals surface area (Å²) in [5, 5.41) is 21.5. The van der Waals surface area contributed by atoms with Crippen LogP contribution in [0.25, 0.3) is 16.6 Å². The van der Waals surface area contributed by atoms with Crippen molar-refractivity contribution in [3.8, 4) is 11.8 Å². The fourth-order valence-electron chi connectivity index (χ4n) is 2.81. The maximum atomic E-state index is 12.6. The second-order valence-electron chi connectivity index (χ2n) is 5.94. The molecule has 1 N–H and O–H groups in total. The fourth-order valence-corrected chi connectivity index (χ4v) is 3.34. The Morgan fingerprint density at radius 3 is 2.81 bits per heavy atom. The number of aromatic nitrogens is 4. The number of rotatable bonds is 3. The third-order valence-corrected chi connectivity index (χ3v) is 4.98. The quantitative estimate of drug-likeness (QED) is 0.547. The molecule has 0 aliphatic rings. The molecule has 0 spiro atoms. The number of anilines is 1. The predicted molar refractivity (Wildman–Crippen MR) is 105 cm³/mol. The summed E-state index contributed by atoms with van der Waals surface area (Å²) >= 11 is 3.33. The Morgan fingerprint density at radius 2 is 2.07 bits per heavy atom. The van der Waals surface area contributed by atoms with E-state index in [0.29, 0.717) is 21.3 Å². The van der Waals surface area contributed by atoms with E-state index in [0.717, 1.165) is 16.6 Å². The van der Waals surface area contributed by atoms with Gasteiger partial charge in [0.25, 0.3) is 5.91 Å². The van der Waals surface area contributed by atoms with Crippen LogP contribution in [0.1, 0.15) is 15.9 Å². The molecule has 2 aromatic heterocycles. The lowest BCUT2D eigenvalue weighted by Crippen LogP contribution is -2.13. The van der Waals surface area contributed by atoms with Gasteiger partial charge in [0.15, 0.2) is 0 Å². The predicted octanol–water partition coefficient (Wildman–Crippen LogP) is 3.65. The molecule has 2 heterocycles. The largest absolute Gasteiger partial charge is 0.322 e. The summed E-state index contributed by atoms with van der Waals surface area (Å²) in [5.74, 6) is -0.300. The Hall–Kier alpha value is -3.44. The van der Waals surface area contributed by atoms with E-state index in [1.807, 2.05) is 31.4 Å². The van der Waals surface area contributed by atoms with Gasteiger partial charge in [-0.25, -0.2) is 4.68 Å². The zero-order valence-electron chi connectivity index (χ0n) is 14.2. The van der Waals surface area contributed by atoms with E-state index in [-0.39, 0.29) is 5.91 Å². The minimum atomic E-state index is -0.300. The van der Waals surface area contributed by atoms with Crippen LogP contribution in [0.15, 0.2) is 59.5 Å². The number of carbonyl (C=O) groups is 1. The average Bonchev–Trinajstić information content (AvgIpc) is 3.27. The van der Waals surface area contributed by atoms with Gasteiger partial charge < -0.3 is 5.32 Å². The summed E-state index contributed by atoms with van der Waals surface area (Å²) in [5.41, 5.74) is 3.13. The minimum absolute atomic E-state index is 0.300. The van der Waals surface area contributed by atoms with Gasteiger partial charge in [0.05, 0.1) is 35.2 Å². The maximum Gasteiger partial charge on any atom is 0.256 e. The zero-order chi connectivity index (χ0) is 19.0. The lowest BCUT2D eigenvalue weighted by atomic mass is 10.1. The summed E-state index contributed by atoms with van der Waals surface area (Å²) in [6, 6.07) is 12.6. The fraction of sp³-hybridized carbons (Fsp3) is 0.0526. The Labute approximate surface area is 163 Å². The monoisotopic (exact) mass is 420 g/mol. The smallest absolute Gasteiger partial charge is 0.256 e. The number of benzene rings is 2. The first kappa shape index (κ1) is 17.0. The molecular weight excluding hydrogens is 408 g/mol. The van der Waals surface area contributed by atoms with E-state index in [1.165, 1.54) is 0 Å².